The van der Waals surface area contributed by atoms with E-state index in [0.29, 0.717) is 6.04 Å². The van der Waals surface area contributed by atoms with Crippen LogP contribution in [0.15, 0.2) is 18.6 Å². The molecule has 0 fully saturated rings. The highest BCUT2D eigenvalue weighted by Crippen LogP contribution is 2.16. The minimum atomic E-state index is 0.439. The first kappa shape index (κ1) is 9.19. The first-order valence-electron chi connectivity index (χ1n) is 5.04. The van der Waals surface area contributed by atoms with E-state index in [0.717, 1.165) is 17.6 Å². The third-order valence-electron chi connectivity index (χ3n) is 2.45. The van der Waals surface area contributed by atoms with Crippen LogP contribution < -0.4 is 0 Å². The van der Waals surface area contributed by atoms with Crippen LogP contribution in [0.4, 0.5) is 0 Å². The quantitative estimate of drug-likeness (QED) is 0.727. The number of hydrogen-bond donors (Lipinski definition) is 0. The lowest BCUT2D eigenvalue weighted by Gasteiger charge is -2.07. The molecular weight excluding hydrogens is 174 g/mol. The molecule has 0 aliphatic heterocycles. The van der Waals surface area contributed by atoms with Crippen molar-refractivity contribution in [3.8, 4) is 0 Å². The van der Waals surface area contributed by atoms with Crippen LogP contribution in [0.2, 0.25) is 0 Å². The average molecular weight is 189 g/mol. The molecule has 2 heterocycles. The lowest BCUT2D eigenvalue weighted by molar-refractivity contribution is 0.617. The highest BCUT2D eigenvalue weighted by atomic mass is 15.1. The van der Waals surface area contributed by atoms with Gasteiger partial charge in [-0.15, -0.1) is 0 Å². The average Bonchev–Trinajstić information content (AvgIpc) is 2.59. The van der Waals surface area contributed by atoms with Crippen molar-refractivity contribution in [2.24, 2.45) is 0 Å². The first-order valence-corrected chi connectivity index (χ1v) is 5.04. The smallest absolute Gasteiger partial charge is 0.177 e. The number of fused-ring (bicyclic) bond motifs is 1. The molecule has 2 rings (SSSR count). The molecule has 0 N–H and O–H groups in total. The maximum atomic E-state index is 4.32. The van der Waals surface area contributed by atoms with Gasteiger partial charge in [0, 0.05) is 12.2 Å². The summed E-state index contributed by atoms with van der Waals surface area (Å²) in [5, 5.41) is 0. The van der Waals surface area contributed by atoms with Gasteiger partial charge in [0.2, 0.25) is 0 Å². The van der Waals surface area contributed by atoms with E-state index in [2.05, 4.69) is 41.4 Å². The normalized spacial score (nSPS) is 11.4. The molecule has 0 bridgehead atoms. The van der Waals surface area contributed by atoms with Gasteiger partial charge in [0.25, 0.3) is 0 Å². The summed E-state index contributed by atoms with van der Waals surface area (Å²) in [7, 11) is 0. The molecule has 0 radical (unpaired) electrons. The zero-order chi connectivity index (χ0) is 10.1. The van der Waals surface area contributed by atoms with Gasteiger partial charge in [-0.05, 0) is 31.9 Å². The number of hydrogen-bond acceptors (Lipinski definition) is 2. The lowest BCUT2D eigenvalue weighted by Crippen LogP contribution is -1.98. The second-order valence-electron chi connectivity index (χ2n) is 3.79. The Morgan fingerprint density at radius 3 is 2.79 bits per heavy atom. The number of imidazole rings is 1. The van der Waals surface area contributed by atoms with Gasteiger partial charge in [0.15, 0.2) is 5.65 Å². The second-order valence-corrected chi connectivity index (χ2v) is 3.79. The standard InChI is InChI=1S/C11H15N3/c1-4-9-5-10-11(12-6-9)13-7-14(10)8(2)3/h5-8H,4H2,1-3H3. The van der Waals surface area contributed by atoms with Crippen molar-refractivity contribution in [2.75, 3.05) is 0 Å². The summed E-state index contributed by atoms with van der Waals surface area (Å²) in [6.45, 7) is 6.44. The molecule has 14 heavy (non-hydrogen) atoms. The zero-order valence-electron chi connectivity index (χ0n) is 8.86. The fourth-order valence-corrected chi connectivity index (χ4v) is 1.56. The van der Waals surface area contributed by atoms with Gasteiger partial charge in [-0.3, -0.25) is 0 Å². The van der Waals surface area contributed by atoms with Gasteiger partial charge in [-0.1, -0.05) is 6.92 Å². The minimum absolute atomic E-state index is 0.439. The molecule has 0 saturated heterocycles. The number of aromatic nitrogens is 3. The summed E-state index contributed by atoms with van der Waals surface area (Å²) in [6.07, 6.45) is 4.79. The summed E-state index contributed by atoms with van der Waals surface area (Å²) >= 11 is 0. The Balaban J connectivity index is 2.63. The number of aryl methyl sites for hydroxylation is 1. The lowest BCUT2D eigenvalue weighted by atomic mass is 10.2. The predicted molar refractivity (Wildman–Crippen MR) is 57.3 cm³/mol. The molecule has 0 aromatic carbocycles. The van der Waals surface area contributed by atoms with Gasteiger partial charge in [-0.2, -0.15) is 0 Å². The second kappa shape index (κ2) is 3.40. The Bertz CT molecular complexity index is 443. The van der Waals surface area contributed by atoms with Gasteiger partial charge in [-0.25, -0.2) is 9.97 Å². The molecule has 74 valence electrons. The van der Waals surface area contributed by atoms with Crippen LogP contribution >= 0.6 is 0 Å². The third kappa shape index (κ3) is 1.39. The molecule has 0 aliphatic rings. The molecule has 0 atom stereocenters. The van der Waals surface area contributed by atoms with Gasteiger partial charge >= 0.3 is 0 Å². The monoisotopic (exact) mass is 189 g/mol. The number of pyridine rings is 1. The van der Waals surface area contributed by atoms with Crippen LogP contribution in [0.1, 0.15) is 32.4 Å². The van der Waals surface area contributed by atoms with Crippen LogP contribution in [0.25, 0.3) is 11.2 Å². The van der Waals surface area contributed by atoms with Crippen molar-refractivity contribution in [2.45, 2.75) is 33.2 Å². The highest BCUT2D eigenvalue weighted by Gasteiger charge is 2.06. The molecule has 2 aromatic heterocycles. The molecule has 3 nitrogen and oxygen atoms in total. The fraction of sp³-hybridized carbons (Fsp3) is 0.455. The number of nitrogens with zero attached hydrogens (tertiary/aromatic N) is 3. The van der Waals surface area contributed by atoms with E-state index >= 15 is 0 Å². The number of rotatable bonds is 2. The van der Waals surface area contributed by atoms with E-state index in [9.17, 15) is 0 Å². The fourth-order valence-electron chi connectivity index (χ4n) is 1.56. The minimum Gasteiger partial charge on any atom is -0.327 e. The van der Waals surface area contributed by atoms with E-state index < -0.39 is 0 Å². The maximum absolute atomic E-state index is 4.32. The Morgan fingerprint density at radius 1 is 1.36 bits per heavy atom. The highest BCUT2D eigenvalue weighted by molar-refractivity contribution is 5.71. The SMILES string of the molecule is CCc1cnc2ncn(C(C)C)c2c1. The van der Waals surface area contributed by atoms with E-state index in [1.807, 2.05) is 12.5 Å². The first-order chi connectivity index (χ1) is 6.72. The summed E-state index contributed by atoms with van der Waals surface area (Å²) in [4.78, 5) is 8.59. The van der Waals surface area contributed by atoms with Crippen molar-refractivity contribution < 1.29 is 0 Å². The molecular formula is C11H15N3. The summed E-state index contributed by atoms with van der Waals surface area (Å²) in [5.41, 5.74) is 3.25. The van der Waals surface area contributed by atoms with Crippen LogP contribution in [0, 0.1) is 0 Å². The molecule has 0 aliphatic carbocycles. The Morgan fingerprint density at radius 2 is 2.14 bits per heavy atom. The van der Waals surface area contributed by atoms with E-state index in [1.165, 1.54) is 5.56 Å². The van der Waals surface area contributed by atoms with Crippen LogP contribution in [-0.4, -0.2) is 14.5 Å². The molecule has 2 aromatic rings. The van der Waals surface area contributed by atoms with E-state index in [-0.39, 0.29) is 0 Å². The van der Waals surface area contributed by atoms with Crippen molar-refractivity contribution in [3.05, 3.63) is 24.2 Å². The molecule has 3 heteroatoms. The van der Waals surface area contributed by atoms with Gasteiger partial charge in [0.1, 0.15) is 0 Å². The topological polar surface area (TPSA) is 30.7 Å². The summed E-state index contributed by atoms with van der Waals surface area (Å²) in [6, 6.07) is 2.61. The molecule has 0 spiro atoms. The zero-order valence-corrected chi connectivity index (χ0v) is 8.86. The molecule has 0 amide bonds. The largest absolute Gasteiger partial charge is 0.327 e. The van der Waals surface area contributed by atoms with Crippen LogP contribution in [0.3, 0.4) is 0 Å². The van der Waals surface area contributed by atoms with Gasteiger partial charge in [0.05, 0.1) is 11.8 Å². The van der Waals surface area contributed by atoms with E-state index in [4.69, 9.17) is 0 Å². The molecule has 0 unspecified atom stereocenters. The molecule has 0 saturated carbocycles. The van der Waals surface area contributed by atoms with Crippen LogP contribution in [-0.2, 0) is 6.42 Å². The third-order valence-corrected chi connectivity index (χ3v) is 2.45. The van der Waals surface area contributed by atoms with Crippen molar-refractivity contribution in [3.63, 3.8) is 0 Å². The van der Waals surface area contributed by atoms with Gasteiger partial charge < -0.3 is 4.57 Å². The Kier molecular flexibility index (Phi) is 2.23. The maximum Gasteiger partial charge on any atom is 0.177 e. The Hall–Kier alpha value is -1.38. The van der Waals surface area contributed by atoms with Crippen molar-refractivity contribution >= 4 is 11.2 Å². The van der Waals surface area contributed by atoms with E-state index in [1.54, 1.807) is 0 Å². The van der Waals surface area contributed by atoms with Crippen molar-refractivity contribution in [1.82, 2.24) is 14.5 Å². The predicted octanol–water partition coefficient (Wildman–Crippen LogP) is 2.57. The van der Waals surface area contributed by atoms with Crippen LogP contribution in [0.5, 0.6) is 0 Å². The van der Waals surface area contributed by atoms with Crippen molar-refractivity contribution in [1.29, 1.82) is 0 Å². The summed E-state index contributed by atoms with van der Waals surface area (Å²) in [5.74, 6) is 0. The Labute approximate surface area is 83.8 Å². The summed E-state index contributed by atoms with van der Waals surface area (Å²) < 4.78 is 2.15.